The summed E-state index contributed by atoms with van der Waals surface area (Å²) in [5.74, 6) is 0.0291. The van der Waals surface area contributed by atoms with Crippen molar-refractivity contribution < 1.29 is 13.2 Å². The fourth-order valence-electron chi connectivity index (χ4n) is 4.02. The van der Waals surface area contributed by atoms with Crippen molar-refractivity contribution in [2.75, 3.05) is 24.2 Å². The number of nitrogens with one attached hydrogen (secondary N) is 1. The van der Waals surface area contributed by atoms with E-state index in [1.807, 2.05) is 67.6 Å². The van der Waals surface area contributed by atoms with Gasteiger partial charge in [0.25, 0.3) is 0 Å². The van der Waals surface area contributed by atoms with Crippen molar-refractivity contribution in [2.45, 2.75) is 26.7 Å². The highest BCUT2D eigenvalue weighted by atomic mass is 32.2. The molecule has 1 aliphatic heterocycles. The lowest BCUT2D eigenvalue weighted by Crippen LogP contribution is -2.44. The van der Waals surface area contributed by atoms with E-state index in [1.54, 1.807) is 11.6 Å². The van der Waals surface area contributed by atoms with Crippen LogP contribution in [0.15, 0.2) is 60.7 Å². The number of para-hydroxylation sites is 1. The SMILES string of the molecule is CCS(=O)(=O)N1CCCC(C(=O)Nc2cc(-c3ccccc3)nn2-c2ccccc2C)C1. The molecular formula is C24H28N4O3S. The number of aromatic nitrogens is 2. The molecule has 0 bridgehead atoms. The molecule has 1 unspecified atom stereocenters. The predicted octanol–water partition coefficient (Wildman–Crippen LogP) is 3.85. The predicted molar refractivity (Wildman–Crippen MR) is 126 cm³/mol. The summed E-state index contributed by atoms with van der Waals surface area (Å²) in [6.07, 6.45) is 1.33. The Bertz CT molecular complexity index is 1200. The number of nitrogens with zero attached hydrogens (tertiary/aromatic N) is 3. The first-order chi connectivity index (χ1) is 15.4. The zero-order valence-electron chi connectivity index (χ0n) is 18.4. The third-order valence-corrected chi connectivity index (χ3v) is 7.73. The molecule has 2 aromatic carbocycles. The largest absolute Gasteiger partial charge is 0.310 e. The van der Waals surface area contributed by atoms with Crippen LogP contribution in [0, 0.1) is 12.8 Å². The summed E-state index contributed by atoms with van der Waals surface area (Å²) in [7, 11) is -3.31. The van der Waals surface area contributed by atoms with Crippen LogP contribution in [0.5, 0.6) is 0 Å². The topological polar surface area (TPSA) is 84.3 Å². The number of anilines is 1. The van der Waals surface area contributed by atoms with Crippen LogP contribution >= 0.6 is 0 Å². The average Bonchev–Trinajstić information content (AvgIpc) is 3.23. The smallest absolute Gasteiger partial charge is 0.229 e. The summed E-state index contributed by atoms with van der Waals surface area (Å²) < 4.78 is 27.8. The van der Waals surface area contributed by atoms with Gasteiger partial charge in [-0.15, -0.1) is 0 Å². The molecule has 1 saturated heterocycles. The summed E-state index contributed by atoms with van der Waals surface area (Å²) >= 11 is 0. The minimum Gasteiger partial charge on any atom is -0.310 e. The average molecular weight is 453 g/mol. The molecule has 0 radical (unpaired) electrons. The Morgan fingerprint density at radius 3 is 2.56 bits per heavy atom. The highest BCUT2D eigenvalue weighted by Gasteiger charge is 2.32. The van der Waals surface area contributed by atoms with Crippen LogP contribution in [0.3, 0.4) is 0 Å². The van der Waals surface area contributed by atoms with Crippen molar-refractivity contribution in [1.29, 1.82) is 0 Å². The fourth-order valence-corrected chi connectivity index (χ4v) is 5.20. The lowest BCUT2D eigenvalue weighted by Gasteiger charge is -2.30. The van der Waals surface area contributed by atoms with Crippen molar-refractivity contribution in [3.63, 3.8) is 0 Å². The molecule has 1 N–H and O–H groups in total. The van der Waals surface area contributed by atoms with E-state index in [-0.39, 0.29) is 18.2 Å². The van der Waals surface area contributed by atoms with Gasteiger partial charge in [-0.2, -0.15) is 5.10 Å². The summed E-state index contributed by atoms with van der Waals surface area (Å²) in [6.45, 7) is 4.32. The van der Waals surface area contributed by atoms with E-state index in [2.05, 4.69) is 5.32 Å². The standard InChI is InChI=1S/C24H28N4O3S/c1-3-32(30,31)27-15-9-13-20(17-27)24(29)25-23-16-21(19-11-5-4-6-12-19)26-28(23)22-14-8-7-10-18(22)2/h4-8,10-12,14,16,20H,3,9,13,15,17H2,1-2H3,(H,25,29). The minimum absolute atomic E-state index is 0.0435. The van der Waals surface area contributed by atoms with Gasteiger partial charge in [0.05, 0.1) is 23.1 Å². The van der Waals surface area contributed by atoms with Crippen LogP contribution in [0.2, 0.25) is 0 Å². The van der Waals surface area contributed by atoms with Crippen LogP contribution in [-0.2, 0) is 14.8 Å². The van der Waals surface area contributed by atoms with Gasteiger partial charge in [-0.1, -0.05) is 48.5 Å². The molecule has 1 aromatic heterocycles. The molecule has 1 atom stereocenters. The minimum atomic E-state index is -3.31. The lowest BCUT2D eigenvalue weighted by molar-refractivity contribution is -0.120. The Morgan fingerprint density at radius 2 is 1.84 bits per heavy atom. The Labute approximate surface area is 189 Å². The van der Waals surface area contributed by atoms with Crippen LogP contribution in [-0.4, -0.2) is 47.3 Å². The fraction of sp³-hybridized carbons (Fsp3) is 0.333. The number of benzene rings is 2. The zero-order chi connectivity index (χ0) is 22.7. The quantitative estimate of drug-likeness (QED) is 0.616. The summed E-state index contributed by atoms with van der Waals surface area (Å²) in [5, 5.41) is 7.80. The van der Waals surface area contributed by atoms with Crippen LogP contribution in [0.4, 0.5) is 5.82 Å². The summed E-state index contributed by atoms with van der Waals surface area (Å²) in [4.78, 5) is 13.2. The number of aryl methyl sites for hydroxylation is 1. The molecule has 0 saturated carbocycles. The van der Waals surface area contributed by atoms with Gasteiger partial charge in [0, 0.05) is 24.7 Å². The Balaban J connectivity index is 1.64. The van der Waals surface area contributed by atoms with Gasteiger partial charge in [-0.25, -0.2) is 17.4 Å². The Kier molecular flexibility index (Phi) is 6.43. The molecule has 7 nitrogen and oxygen atoms in total. The molecule has 3 aromatic rings. The molecule has 4 rings (SSSR count). The maximum atomic E-state index is 13.2. The van der Waals surface area contributed by atoms with Crippen LogP contribution < -0.4 is 5.32 Å². The van der Waals surface area contributed by atoms with E-state index >= 15 is 0 Å². The van der Waals surface area contributed by atoms with Gasteiger partial charge in [0.15, 0.2) is 0 Å². The van der Waals surface area contributed by atoms with Crippen LogP contribution in [0.25, 0.3) is 16.9 Å². The molecule has 2 heterocycles. The zero-order valence-corrected chi connectivity index (χ0v) is 19.2. The second-order valence-electron chi connectivity index (χ2n) is 8.07. The van der Waals surface area contributed by atoms with Gasteiger partial charge in [-0.3, -0.25) is 4.79 Å². The third kappa shape index (κ3) is 4.61. The maximum Gasteiger partial charge on any atom is 0.229 e. The number of amides is 1. The van der Waals surface area contributed by atoms with E-state index in [0.29, 0.717) is 25.2 Å². The van der Waals surface area contributed by atoms with Crippen molar-refractivity contribution in [1.82, 2.24) is 14.1 Å². The maximum absolute atomic E-state index is 13.2. The van der Waals surface area contributed by atoms with Crippen molar-refractivity contribution in [3.05, 3.63) is 66.2 Å². The van der Waals surface area contributed by atoms with Crippen LogP contribution in [0.1, 0.15) is 25.3 Å². The normalized spacial score (nSPS) is 17.2. The summed E-state index contributed by atoms with van der Waals surface area (Å²) in [5.41, 5.74) is 3.61. The van der Waals surface area contributed by atoms with E-state index in [9.17, 15) is 13.2 Å². The van der Waals surface area contributed by atoms with E-state index in [1.165, 1.54) is 4.31 Å². The molecule has 1 fully saturated rings. The first kappa shape index (κ1) is 22.2. The van der Waals surface area contributed by atoms with Gasteiger partial charge in [-0.05, 0) is 38.3 Å². The van der Waals surface area contributed by atoms with Gasteiger partial charge >= 0.3 is 0 Å². The number of rotatable bonds is 6. The monoisotopic (exact) mass is 452 g/mol. The molecular weight excluding hydrogens is 424 g/mol. The highest BCUT2D eigenvalue weighted by Crippen LogP contribution is 2.27. The third-order valence-electron chi connectivity index (χ3n) is 5.89. The van der Waals surface area contributed by atoms with Gasteiger partial charge < -0.3 is 5.32 Å². The van der Waals surface area contributed by atoms with Crippen molar-refractivity contribution in [3.8, 4) is 16.9 Å². The Morgan fingerprint density at radius 1 is 1.12 bits per heavy atom. The first-order valence-electron chi connectivity index (χ1n) is 10.9. The molecule has 1 amide bonds. The van der Waals surface area contributed by atoms with Crippen molar-refractivity contribution in [2.24, 2.45) is 5.92 Å². The number of carbonyl (C=O) groups is 1. The number of carbonyl (C=O) groups excluding carboxylic acids is 1. The second kappa shape index (κ2) is 9.26. The highest BCUT2D eigenvalue weighted by molar-refractivity contribution is 7.89. The molecule has 1 aliphatic rings. The van der Waals surface area contributed by atoms with Crippen molar-refractivity contribution >= 4 is 21.7 Å². The molecule has 32 heavy (non-hydrogen) atoms. The van der Waals surface area contributed by atoms with E-state index in [0.717, 1.165) is 22.5 Å². The second-order valence-corrected chi connectivity index (χ2v) is 10.3. The molecule has 8 heteroatoms. The first-order valence-corrected chi connectivity index (χ1v) is 12.5. The molecule has 0 spiro atoms. The van der Waals surface area contributed by atoms with E-state index in [4.69, 9.17) is 5.10 Å². The van der Waals surface area contributed by atoms with E-state index < -0.39 is 15.9 Å². The summed E-state index contributed by atoms with van der Waals surface area (Å²) in [6, 6.07) is 19.5. The number of sulfonamides is 1. The number of piperidine rings is 1. The molecule has 0 aliphatic carbocycles. The lowest BCUT2D eigenvalue weighted by atomic mass is 9.99. The molecule has 168 valence electrons. The Hall–Kier alpha value is -2.97. The number of hydrogen-bond donors (Lipinski definition) is 1. The van der Waals surface area contributed by atoms with Gasteiger partial charge in [0.2, 0.25) is 15.9 Å². The number of hydrogen-bond acceptors (Lipinski definition) is 4. The van der Waals surface area contributed by atoms with Gasteiger partial charge in [0.1, 0.15) is 5.82 Å².